The van der Waals surface area contributed by atoms with Crippen LogP contribution < -0.4 is 5.73 Å². The summed E-state index contributed by atoms with van der Waals surface area (Å²) < 4.78 is 0. The van der Waals surface area contributed by atoms with E-state index in [2.05, 4.69) is 18.0 Å². The van der Waals surface area contributed by atoms with Gasteiger partial charge in [-0.05, 0) is 48.1 Å². The molecule has 0 aromatic heterocycles. The van der Waals surface area contributed by atoms with Crippen LogP contribution in [-0.4, -0.2) is 5.91 Å². The summed E-state index contributed by atoms with van der Waals surface area (Å²) in [7, 11) is 0. The summed E-state index contributed by atoms with van der Waals surface area (Å²) in [6.45, 7) is 4.31. The molecule has 1 amide bonds. The topological polar surface area (TPSA) is 71.2 Å². The Kier molecular flexibility index (Phi) is 3.05. The Morgan fingerprint density at radius 2 is 2.14 bits per heavy atom. The van der Waals surface area contributed by atoms with Gasteiger partial charge in [-0.1, -0.05) is 26.3 Å². The maximum Gasteiger partial charge on any atom is 0.385 e. The first-order chi connectivity index (χ1) is 9.91. The number of nitrogens with zero attached hydrogens (tertiary/aromatic N) is 2. The number of carbonyl (C=O) groups excluding carboxylic acids is 1. The number of carbonyl (C=O) groups is 1. The van der Waals surface area contributed by atoms with Crippen LogP contribution in [0.4, 0.5) is 5.69 Å². The number of nitrogens with two attached hydrogens (primary N) is 1. The molecule has 2 N–H and O–H groups in total. The summed E-state index contributed by atoms with van der Waals surface area (Å²) >= 11 is 0. The van der Waals surface area contributed by atoms with Crippen LogP contribution in [0.25, 0.3) is 4.98 Å². The van der Waals surface area contributed by atoms with E-state index in [0.29, 0.717) is 11.6 Å². The summed E-state index contributed by atoms with van der Waals surface area (Å²) in [6, 6.07) is 5.89. The van der Waals surface area contributed by atoms with E-state index < -0.39 is 5.41 Å². The minimum atomic E-state index is -0.412. The number of hydrogen-bond donors (Lipinski definition) is 1. The molecule has 3 atom stereocenters. The van der Waals surface area contributed by atoms with Crippen LogP contribution in [0.3, 0.4) is 0 Å². The Balaban J connectivity index is 2.11. The zero-order chi connectivity index (χ0) is 15.3. The Hall–Kier alpha value is -1.89. The van der Waals surface area contributed by atoms with Crippen molar-refractivity contribution in [3.8, 4) is 0 Å². The minimum absolute atomic E-state index is 0.0103. The maximum atomic E-state index is 12.1. The molecule has 0 radical (unpaired) electrons. The predicted octanol–water partition coefficient (Wildman–Crippen LogP) is 3.67. The van der Waals surface area contributed by atoms with Crippen LogP contribution in [0, 0.1) is 16.7 Å². The number of hydrogen-bond acceptors (Lipinski definition) is 2. The van der Waals surface area contributed by atoms with Crippen LogP contribution in [-0.2, 0) is 16.6 Å². The zero-order valence-electron chi connectivity index (χ0n) is 12.7. The molecule has 0 spiro atoms. The first-order valence-corrected chi connectivity index (χ1v) is 7.70. The Bertz CT molecular complexity index is 648. The molecule has 0 saturated heterocycles. The van der Waals surface area contributed by atoms with Crippen LogP contribution >= 0.6 is 0 Å². The summed E-state index contributed by atoms with van der Waals surface area (Å²) in [5.74, 6) is 0.129. The van der Waals surface area contributed by atoms with Crippen molar-refractivity contribution < 1.29 is 4.79 Å². The van der Waals surface area contributed by atoms with Crippen LogP contribution in [0.2, 0.25) is 0 Å². The van der Waals surface area contributed by atoms with Crippen LogP contribution in [0.5, 0.6) is 0 Å². The van der Waals surface area contributed by atoms with Crippen LogP contribution in [0.1, 0.15) is 50.7 Å². The van der Waals surface area contributed by atoms with Gasteiger partial charge in [0.2, 0.25) is 11.3 Å². The highest BCUT2D eigenvalue weighted by molar-refractivity contribution is 5.81. The van der Waals surface area contributed by atoms with Gasteiger partial charge in [0.1, 0.15) is 0 Å². The SMILES string of the molecule is CC1(C(N)=O)CCCC2(C)c3ccc([N+]#N)cc3CCC12. The summed E-state index contributed by atoms with van der Waals surface area (Å²) in [6.07, 6.45) is 4.89. The second-order valence-corrected chi connectivity index (χ2v) is 7.09. The lowest BCUT2D eigenvalue weighted by Gasteiger charge is -2.54. The standard InChI is InChI=1S/C17H21N3O/c1-16-8-3-9-17(2,15(18)21)14(16)7-4-11-10-12(20-19)5-6-13(11)16/h5-6,10,14H,3-4,7-9H2,1-2H3,(H-,18,21)/p+1. The first kappa shape index (κ1) is 14.1. The van der Waals surface area contributed by atoms with E-state index in [-0.39, 0.29) is 11.3 Å². The molecule has 2 aliphatic carbocycles. The zero-order valence-corrected chi connectivity index (χ0v) is 12.7. The molecule has 4 nitrogen and oxygen atoms in total. The van der Waals surface area contributed by atoms with Crippen molar-refractivity contribution >= 4 is 11.6 Å². The first-order valence-electron chi connectivity index (χ1n) is 7.70. The molecule has 0 aliphatic heterocycles. The molecule has 4 heteroatoms. The Morgan fingerprint density at radius 1 is 1.38 bits per heavy atom. The fourth-order valence-electron chi connectivity index (χ4n) is 4.84. The predicted molar refractivity (Wildman–Crippen MR) is 81.5 cm³/mol. The number of amides is 1. The van der Waals surface area contributed by atoms with Crippen molar-refractivity contribution in [2.75, 3.05) is 0 Å². The molecule has 1 saturated carbocycles. The molecule has 3 unspecified atom stereocenters. The normalized spacial score (nSPS) is 34.4. The number of diazo groups is 1. The van der Waals surface area contributed by atoms with Gasteiger partial charge in [-0.3, -0.25) is 4.79 Å². The number of aryl methyl sites for hydroxylation is 1. The lowest BCUT2D eigenvalue weighted by Crippen LogP contribution is -2.54. The molecule has 0 bridgehead atoms. The largest absolute Gasteiger partial charge is 0.385 e. The quantitative estimate of drug-likeness (QED) is 0.799. The summed E-state index contributed by atoms with van der Waals surface area (Å²) in [5, 5.41) is 8.96. The Morgan fingerprint density at radius 3 is 2.81 bits per heavy atom. The van der Waals surface area contributed by atoms with Gasteiger partial charge in [0.25, 0.3) is 0 Å². The van der Waals surface area contributed by atoms with Crippen molar-refractivity contribution in [2.45, 2.75) is 51.4 Å². The van der Waals surface area contributed by atoms with E-state index in [1.54, 1.807) is 0 Å². The van der Waals surface area contributed by atoms with Gasteiger partial charge >= 0.3 is 5.69 Å². The molecule has 21 heavy (non-hydrogen) atoms. The minimum Gasteiger partial charge on any atom is -0.369 e. The van der Waals surface area contributed by atoms with Gasteiger partial charge in [-0.15, -0.1) is 0 Å². The van der Waals surface area contributed by atoms with Gasteiger partial charge in [0.15, 0.2) is 4.98 Å². The van der Waals surface area contributed by atoms with Gasteiger partial charge in [-0.25, -0.2) is 0 Å². The highest BCUT2D eigenvalue weighted by atomic mass is 16.1. The van der Waals surface area contributed by atoms with E-state index in [0.717, 1.165) is 32.1 Å². The van der Waals surface area contributed by atoms with Crippen molar-refractivity contribution in [1.29, 1.82) is 5.39 Å². The average molecular weight is 284 g/mol. The van der Waals surface area contributed by atoms with Crippen molar-refractivity contribution in [3.63, 3.8) is 0 Å². The monoisotopic (exact) mass is 284 g/mol. The maximum absolute atomic E-state index is 12.1. The highest BCUT2D eigenvalue weighted by Crippen LogP contribution is 2.57. The molecule has 1 aromatic carbocycles. The molecule has 0 heterocycles. The van der Waals surface area contributed by atoms with Gasteiger partial charge in [-0.2, -0.15) is 0 Å². The molecular formula is C17H22N3O+. The lowest BCUT2D eigenvalue weighted by atomic mass is 9.49. The number of primary amides is 1. The van der Waals surface area contributed by atoms with E-state index in [1.165, 1.54) is 11.1 Å². The third-order valence-corrected chi connectivity index (χ3v) is 6.02. The molecule has 110 valence electrons. The number of fused-ring (bicyclic) bond motifs is 3. The second kappa shape index (κ2) is 4.56. The second-order valence-electron chi connectivity index (χ2n) is 7.09. The Labute approximate surface area is 125 Å². The molecular weight excluding hydrogens is 262 g/mol. The van der Waals surface area contributed by atoms with E-state index >= 15 is 0 Å². The third kappa shape index (κ3) is 1.87. The van der Waals surface area contributed by atoms with Gasteiger partial charge in [0.05, 0.1) is 0 Å². The molecule has 1 fully saturated rings. The van der Waals surface area contributed by atoms with Gasteiger partial charge in [0, 0.05) is 17.5 Å². The fourth-order valence-corrected chi connectivity index (χ4v) is 4.84. The number of benzene rings is 1. The third-order valence-electron chi connectivity index (χ3n) is 6.02. The summed E-state index contributed by atoms with van der Waals surface area (Å²) in [4.78, 5) is 15.3. The van der Waals surface area contributed by atoms with E-state index in [1.807, 2.05) is 19.1 Å². The fraction of sp³-hybridized carbons (Fsp3) is 0.588. The van der Waals surface area contributed by atoms with Gasteiger partial charge < -0.3 is 5.73 Å². The molecule has 1 aromatic rings. The van der Waals surface area contributed by atoms with Crippen LogP contribution in [0.15, 0.2) is 18.2 Å². The van der Waals surface area contributed by atoms with Crippen molar-refractivity contribution in [1.82, 2.24) is 0 Å². The molecule has 2 aliphatic rings. The molecule has 3 rings (SSSR count). The smallest absolute Gasteiger partial charge is 0.369 e. The highest BCUT2D eigenvalue weighted by Gasteiger charge is 2.54. The average Bonchev–Trinajstić information content (AvgIpc) is 2.46. The number of rotatable bonds is 1. The van der Waals surface area contributed by atoms with E-state index in [9.17, 15) is 4.79 Å². The van der Waals surface area contributed by atoms with Crippen molar-refractivity contribution in [2.24, 2.45) is 17.1 Å². The lowest BCUT2D eigenvalue weighted by molar-refractivity contribution is -0.135. The van der Waals surface area contributed by atoms with E-state index in [4.69, 9.17) is 11.1 Å². The van der Waals surface area contributed by atoms with Crippen molar-refractivity contribution in [3.05, 3.63) is 34.3 Å². The summed E-state index contributed by atoms with van der Waals surface area (Å²) in [5.41, 5.74) is 8.48.